The number of hydrogen-bond donors (Lipinski definition) is 0. The fourth-order valence-corrected chi connectivity index (χ4v) is 2.99. The molecular formula is C15H15ClN2O. The SMILES string of the molecule is CC(=O)N1CCn2cccc2C1c1ccccc1Cl. The van der Waals surface area contributed by atoms with Crippen molar-refractivity contribution < 1.29 is 4.79 Å². The molecule has 0 saturated carbocycles. The Morgan fingerprint density at radius 2 is 2.00 bits per heavy atom. The number of halogens is 1. The van der Waals surface area contributed by atoms with Gasteiger partial charge in [-0.15, -0.1) is 0 Å². The van der Waals surface area contributed by atoms with E-state index in [2.05, 4.69) is 16.8 Å². The molecule has 19 heavy (non-hydrogen) atoms. The minimum Gasteiger partial charge on any atom is -0.348 e. The van der Waals surface area contributed by atoms with Crippen LogP contribution in [0.5, 0.6) is 0 Å². The van der Waals surface area contributed by atoms with Crippen molar-refractivity contribution >= 4 is 17.5 Å². The molecule has 1 atom stereocenters. The predicted molar refractivity (Wildman–Crippen MR) is 75.1 cm³/mol. The van der Waals surface area contributed by atoms with Crippen LogP contribution in [-0.2, 0) is 11.3 Å². The van der Waals surface area contributed by atoms with Crippen molar-refractivity contribution in [3.8, 4) is 0 Å². The number of amides is 1. The van der Waals surface area contributed by atoms with Crippen LogP contribution in [0, 0.1) is 0 Å². The van der Waals surface area contributed by atoms with Gasteiger partial charge in [0, 0.05) is 36.9 Å². The smallest absolute Gasteiger partial charge is 0.220 e. The average molecular weight is 275 g/mol. The lowest BCUT2D eigenvalue weighted by molar-refractivity contribution is -0.131. The topological polar surface area (TPSA) is 25.2 Å². The molecule has 2 heterocycles. The van der Waals surface area contributed by atoms with Gasteiger partial charge in [0.1, 0.15) is 0 Å². The second kappa shape index (κ2) is 4.74. The Morgan fingerprint density at radius 3 is 2.74 bits per heavy atom. The standard InChI is InChI=1S/C15H15ClN2O/c1-11(19)18-10-9-17-8-4-7-14(17)15(18)12-5-2-3-6-13(12)16/h2-8,15H,9-10H2,1H3. The lowest BCUT2D eigenvalue weighted by atomic mass is 10.00. The molecule has 1 aromatic heterocycles. The van der Waals surface area contributed by atoms with Gasteiger partial charge in [0.05, 0.1) is 6.04 Å². The molecule has 3 rings (SSSR count). The molecule has 0 N–H and O–H groups in total. The van der Waals surface area contributed by atoms with Gasteiger partial charge in [-0.05, 0) is 23.8 Å². The molecule has 0 fully saturated rings. The molecule has 4 heteroatoms. The van der Waals surface area contributed by atoms with Crippen molar-refractivity contribution in [2.45, 2.75) is 19.5 Å². The van der Waals surface area contributed by atoms with E-state index in [0.717, 1.165) is 17.8 Å². The number of aromatic nitrogens is 1. The van der Waals surface area contributed by atoms with E-state index in [4.69, 9.17) is 11.6 Å². The summed E-state index contributed by atoms with van der Waals surface area (Å²) in [4.78, 5) is 13.8. The highest BCUT2D eigenvalue weighted by molar-refractivity contribution is 6.31. The lowest BCUT2D eigenvalue weighted by Gasteiger charge is -2.37. The van der Waals surface area contributed by atoms with Crippen molar-refractivity contribution in [3.05, 3.63) is 58.9 Å². The quantitative estimate of drug-likeness (QED) is 0.784. The number of hydrogen-bond acceptors (Lipinski definition) is 1. The van der Waals surface area contributed by atoms with Crippen LogP contribution in [0.4, 0.5) is 0 Å². The number of fused-ring (bicyclic) bond motifs is 1. The number of benzene rings is 1. The van der Waals surface area contributed by atoms with Crippen LogP contribution in [0.15, 0.2) is 42.6 Å². The fraction of sp³-hybridized carbons (Fsp3) is 0.267. The molecule has 1 unspecified atom stereocenters. The first-order valence-corrected chi connectivity index (χ1v) is 6.73. The Balaban J connectivity index is 2.15. The number of rotatable bonds is 1. The summed E-state index contributed by atoms with van der Waals surface area (Å²) < 4.78 is 2.19. The molecule has 1 aliphatic heterocycles. The van der Waals surface area contributed by atoms with Crippen LogP contribution < -0.4 is 0 Å². The molecule has 0 aliphatic carbocycles. The van der Waals surface area contributed by atoms with Gasteiger partial charge in [0.2, 0.25) is 5.91 Å². The summed E-state index contributed by atoms with van der Waals surface area (Å²) in [6, 6.07) is 11.7. The summed E-state index contributed by atoms with van der Waals surface area (Å²) in [6.45, 7) is 3.16. The van der Waals surface area contributed by atoms with Gasteiger partial charge in [-0.3, -0.25) is 4.79 Å². The van der Waals surface area contributed by atoms with E-state index < -0.39 is 0 Å². The maximum atomic E-state index is 11.9. The summed E-state index contributed by atoms with van der Waals surface area (Å²) in [6.07, 6.45) is 2.05. The monoisotopic (exact) mass is 274 g/mol. The molecule has 0 bridgehead atoms. The van der Waals surface area contributed by atoms with E-state index in [1.54, 1.807) is 6.92 Å². The van der Waals surface area contributed by atoms with Gasteiger partial charge in [0.15, 0.2) is 0 Å². The highest BCUT2D eigenvalue weighted by Gasteiger charge is 2.31. The first-order valence-electron chi connectivity index (χ1n) is 6.35. The first kappa shape index (κ1) is 12.3. The molecule has 0 saturated heterocycles. The highest BCUT2D eigenvalue weighted by atomic mass is 35.5. The molecule has 1 aliphatic rings. The van der Waals surface area contributed by atoms with Crippen LogP contribution in [0.3, 0.4) is 0 Å². The Kier molecular flexibility index (Phi) is 3.07. The Morgan fingerprint density at radius 1 is 1.21 bits per heavy atom. The van der Waals surface area contributed by atoms with Crippen molar-refractivity contribution in [2.75, 3.05) is 6.54 Å². The van der Waals surface area contributed by atoms with Gasteiger partial charge in [-0.25, -0.2) is 0 Å². The molecule has 98 valence electrons. The van der Waals surface area contributed by atoms with E-state index in [0.29, 0.717) is 11.6 Å². The Bertz CT molecular complexity index is 620. The van der Waals surface area contributed by atoms with E-state index >= 15 is 0 Å². The number of carbonyl (C=O) groups is 1. The fourth-order valence-electron chi connectivity index (χ4n) is 2.75. The second-order valence-electron chi connectivity index (χ2n) is 4.76. The van der Waals surface area contributed by atoms with Crippen LogP contribution in [0.2, 0.25) is 5.02 Å². The van der Waals surface area contributed by atoms with Crippen molar-refractivity contribution in [1.29, 1.82) is 0 Å². The van der Waals surface area contributed by atoms with E-state index in [1.807, 2.05) is 35.2 Å². The van der Waals surface area contributed by atoms with E-state index in [9.17, 15) is 4.79 Å². The van der Waals surface area contributed by atoms with Gasteiger partial charge in [-0.2, -0.15) is 0 Å². The highest BCUT2D eigenvalue weighted by Crippen LogP contribution is 2.35. The molecular weight excluding hydrogens is 260 g/mol. The maximum absolute atomic E-state index is 11.9. The number of carbonyl (C=O) groups excluding carboxylic acids is 1. The molecule has 3 nitrogen and oxygen atoms in total. The summed E-state index contributed by atoms with van der Waals surface area (Å²) in [5.74, 6) is 0.0809. The predicted octanol–water partition coefficient (Wildman–Crippen LogP) is 3.09. The third-order valence-electron chi connectivity index (χ3n) is 3.64. The van der Waals surface area contributed by atoms with Gasteiger partial charge >= 0.3 is 0 Å². The van der Waals surface area contributed by atoms with Crippen molar-refractivity contribution in [3.63, 3.8) is 0 Å². The van der Waals surface area contributed by atoms with Crippen molar-refractivity contribution in [1.82, 2.24) is 9.47 Å². The summed E-state index contributed by atoms with van der Waals surface area (Å²) in [7, 11) is 0. The lowest BCUT2D eigenvalue weighted by Crippen LogP contribution is -2.41. The zero-order valence-electron chi connectivity index (χ0n) is 10.7. The normalized spacial score (nSPS) is 18.2. The Hall–Kier alpha value is -1.74. The van der Waals surface area contributed by atoms with Gasteiger partial charge < -0.3 is 9.47 Å². The molecule has 0 radical (unpaired) electrons. The minimum absolute atomic E-state index is 0.0809. The van der Waals surface area contributed by atoms with Gasteiger partial charge in [-0.1, -0.05) is 29.8 Å². The molecule has 0 spiro atoms. The van der Waals surface area contributed by atoms with Crippen molar-refractivity contribution in [2.24, 2.45) is 0 Å². The average Bonchev–Trinajstić information content (AvgIpc) is 2.86. The summed E-state index contributed by atoms with van der Waals surface area (Å²) in [5.41, 5.74) is 2.11. The van der Waals surface area contributed by atoms with Crippen LogP contribution in [0.25, 0.3) is 0 Å². The van der Waals surface area contributed by atoms with E-state index in [-0.39, 0.29) is 11.9 Å². The van der Waals surface area contributed by atoms with Crippen LogP contribution >= 0.6 is 11.6 Å². The molecule has 1 aromatic carbocycles. The third kappa shape index (κ3) is 2.04. The summed E-state index contributed by atoms with van der Waals surface area (Å²) in [5, 5.41) is 0.702. The first-order chi connectivity index (χ1) is 9.18. The summed E-state index contributed by atoms with van der Waals surface area (Å²) >= 11 is 6.31. The maximum Gasteiger partial charge on any atom is 0.220 e. The second-order valence-corrected chi connectivity index (χ2v) is 5.17. The van der Waals surface area contributed by atoms with E-state index in [1.165, 1.54) is 0 Å². The molecule has 1 amide bonds. The third-order valence-corrected chi connectivity index (χ3v) is 3.99. The van der Waals surface area contributed by atoms with Crippen LogP contribution in [-0.4, -0.2) is 21.9 Å². The molecule has 2 aromatic rings. The number of nitrogens with zero attached hydrogens (tertiary/aromatic N) is 2. The van der Waals surface area contributed by atoms with Gasteiger partial charge in [0.25, 0.3) is 0 Å². The Labute approximate surface area is 117 Å². The van der Waals surface area contributed by atoms with Crippen LogP contribution in [0.1, 0.15) is 24.2 Å². The largest absolute Gasteiger partial charge is 0.348 e. The zero-order chi connectivity index (χ0) is 13.4. The zero-order valence-corrected chi connectivity index (χ0v) is 11.5. The minimum atomic E-state index is -0.0880.